The highest BCUT2D eigenvalue weighted by atomic mass is 32.2. The van der Waals surface area contributed by atoms with Crippen molar-refractivity contribution in [2.45, 2.75) is 56.9 Å². The largest absolute Gasteiger partial charge is 0.353 e. The van der Waals surface area contributed by atoms with Gasteiger partial charge in [-0.2, -0.15) is 11.8 Å². The number of hydrogen-bond donors (Lipinski definition) is 2. The fourth-order valence-corrected chi connectivity index (χ4v) is 6.79. The third kappa shape index (κ3) is 5.47. The van der Waals surface area contributed by atoms with E-state index < -0.39 is 0 Å². The molecule has 1 saturated heterocycles. The van der Waals surface area contributed by atoms with Gasteiger partial charge in [0, 0.05) is 48.9 Å². The van der Waals surface area contributed by atoms with Crippen molar-refractivity contribution in [3.8, 4) is 0 Å². The summed E-state index contributed by atoms with van der Waals surface area (Å²) in [5.74, 6) is 2.15. The normalized spacial score (nSPS) is 16.8. The molecule has 7 nitrogen and oxygen atoms in total. The molecule has 5 rings (SSSR count). The standard InChI is InChI=1S/C24H29N5O2S2/c30-21(26-16-7-11-29(12-8-16)14-17-4-1-2-10-25-17)9-13-32-15-20-27-23(31)22-18-5-3-6-19(18)33-24(22)28-20/h1-2,4,10,16H,3,5-9,11-15H2,(H,26,30)(H,27,28,31). The van der Waals surface area contributed by atoms with Gasteiger partial charge in [-0.25, -0.2) is 4.98 Å². The molecule has 3 aromatic rings. The Balaban J connectivity index is 1.03. The van der Waals surface area contributed by atoms with Crippen molar-refractivity contribution in [1.82, 2.24) is 25.2 Å². The summed E-state index contributed by atoms with van der Waals surface area (Å²) in [6, 6.07) is 6.27. The average molecular weight is 484 g/mol. The van der Waals surface area contributed by atoms with Crippen LogP contribution in [0.1, 0.15) is 47.6 Å². The number of aryl methyl sites for hydroxylation is 2. The first-order valence-electron chi connectivity index (χ1n) is 11.7. The molecule has 2 N–H and O–H groups in total. The van der Waals surface area contributed by atoms with Gasteiger partial charge >= 0.3 is 0 Å². The van der Waals surface area contributed by atoms with Gasteiger partial charge in [-0.1, -0.05) is 6.07 Å². The first-order chi connectivity index (χ1) is 16.2. The number of rotatable bonds is 8. The molecule has 9 heteroatoms. The second-order valence-corrected chi connectivity index (χ2v) is 11.0. The topological polar surface area (TPSA) is 91.0 Å². The number of thioether (sulfide) groups is 1. The van der Waals surface area contributed by atoms with Crippen LogP contribution < -0.4 is 10.9 Å². The summed E-state index contributed by atoms with van der Waals surface area (Å²) in [5, 5.41) is 3.99. The molecule has 1 amide bonds. The lowest BCUT2D eigenvalue weighted by Gasteiger charge is -2.32. The molecule has 0 saturated carbocycles. The third-order valence-electron chi connectivity index (χ3n) is 6.40. The third-order valence-corrected chi connectivity index (χ3v) is 8.56. The number of carbonyl (C=O) groups is 1. The Morgan fingerprint density at radius 3 is 2.97 bits per heavy atom. The van der Waals surface area contributed by atoms with Gasteiger partial charge in [0.15, 0.2) is 0 Å². The molecule has 0 spiro atoms. The highest BCUT2D eigenvalue weighted by molar-refractivity contribution is 7.98. The van der Waals surface area contributed by atoms with E-state index in [1.807, 2.05) is 18.3 Å². The van der Waals surface area contributed by atoms with E-state index in [-0.39, 0.29) is 17.5 Å². The van der Waals surface area contributed by atoms with E-state index >= 15 is 0 Å². The molecule has 0 aromatic carbocycles. The summed E-state index contributed by atoms with van der Waals surface area (Å²) in [6.45, 7) is 2.82. The van der Waals surface area contributed by atoms with Gasteiger partial charge in [-0.15, -0.1) is 11.3 Å². The molecular formula is C24H29N5O2S2. The molecule has 0 unspecified atom stereocenters. The summed E-state index contributed by atoms with van der Waals surface area (Å²) in [5.41, 5.74) is 2.29. The van der Waals surface area contributed by atoms with Gasteiger partial charge in [0.05, 0.1) is 16.8 Å². The lowest BCUT2D eigenvalue weighted by Crippen LogP contribution is -2.44. The number of pyridine rings is 1. The van der Waals surface area contributed by atoms with Crippen LogP contribution in [0.5, 0.6) is 0 Å². The van der Waals surface area contributed by atoms with Crippen LogP contribution in [0.4, 0.5) is 0 Å². The lowest BCUT2D eigenvalue weighted by molar-refractivity contribution is -0.121. The van der Waals surface area contributed by atoms with Gasteiger partial charge in [-0.05, 0) is 49.8 Å². The van der Waals surface area contributed by atoms with Gasteiger partial charge in [-0.3, -0.25) is 19.5 Å². The van der Waals surface area contributed by atoms with Crippen molar-refractivity contribution in [3.05, 3.63) is 56.7 Å². The minimum atomic E-state index is -0.0119. The Morgan fingerprint density at radius 2 is 2.15 bits per heavy atom. The summed E-state index contributed by atoms with van der Waals surface area (Å²) < 4.78 is 0. The molecule has 3 aromatic heterocycles. The van der Waals surface area contributed by atoms with Crippen molar-refractivity contribution in [1.29, 1.82) is 0 Å². The number of nitrogens with one attached hydrogen (secondary N) is 2. The summed E-state index contributed by atoms with van der Waals surface area (Å²) in [7, 11) is 0. The highest BCUT2D eigenvalue weighted by Gasteiger charge is 2.22. The van der Waals surface area contributed by atoms with E-state index in [0.29, 0.717) is 23.8 Å². The Morgan fingerprint density at radius 1 is 1.27 bits per heavy atom. The van der Waals surface area contributed by atoms with Gasteiger partial charge in [0.1, 0.15) is 10.7 Å². The number of carbonyl (C=O) groups excluding carboxylic acids is 1. The average Bonchev–Trinajstić information content (AvgIpc) is 3.40. The first-order valence-corrected chi connectivity index (χ1v) is 13.7. The minimum Gasteiger partial charge on any atom is -0.353 e. The summed E-state index contributed by atoms with van der Waals surface area (Å²) >= 11 is 3.31. The number of fused-ring (bicyclic) bond motifs is 3. The maximum Gasteiger partial charge on any atom is 0.259 e. The molecular weight excluding hydrogens is 454 g/mol. The van der Waals surface area contributed by atoms with Crippen LogP contribution in [0.15, 0.2) is 29.2 Å². The Labute approximate surface area is 201 Å². The SMILES string of the molecule is O=C(CCSCc1nc2sc3c(c2c(=O)[nH]1)CCC3)NC1CCN(Cc2ccccn2)CC1. The van der Waals surface area contributed by atoms with Crippen molar-refractivity contribution in [2.24, 2.45) is 0 Å². The molecule has 0 atom stereocenters. The van der Waals surface area contributed by atoms with Gasteiger partial charge < -0.3 is 10.3 Å². The number of likely N-dealkylation sites (tertiary alicyclic amines) is 1. The van der Waals surface area contributed by atoms with E-state index in [1.165, 1.54) is 10.4 Å². The molecule has 0 radical (unpaired) electrons. The highest BCUT2D eigenvalue weighted by Crippen LogP contribution is 2.34. The zero-order valence-corrected chi connectivity index (χ0v) is 20.3. The van der Waals surface area contributed by atoms with E-state index in [9.17, 15) is 9.59 Å². The molecule has 4 heterocycles. The Hall–Kier alpha value is -2.23. The lowest BCUT2D eigenvalue weighted by atomic mass is 10.0. The smallest absolute Gasteiger partial charge is 0.259 e. The number of amides is 1. The molecule has 33 heavy (non-hydrogen) atoms. The maximum absolute atomic E-state index is 12.5. The van der Waals surface area contributed by atoms with Crippen molar-refractivity contribution in [3.63, 3.8) is 0 Å². The summed E-state index contributed by atoms with van der Waals surface area (Å²) in [4.78, 5) is 41.5. The number of aromatic nitrogens is 3. The van der Waals surface area contributed by atoms with Gasteiger partial charge in [0.2, 0.25) is 5.91 Å². The predicted molar refractivity (Wildman–Crippen MR) is 134 cm³/mol. The van der Waals surface area contributed by atoms with E-state index in [4.69, 9.17) is 0 Å². The van der Waals surface area contributed by atoms with Crippen LogP contribution in [0.25, 0.3) is 10.2 Å². The second kappa shape index (κ2) is 10.4. The molecule has 2 aliphatic rings. The van der Waals surface area contributed by atoms with Crippen molar-refractivity contribution >= 4 is 39.2 Å². The van der Waals surface area contributed by atoms with E-state index in [2.05, 4.69) is 31.2 Å². The number of piperidine rings is 1. The van der Waals surface area contributed by atoms with Crippen LogP contribution in [0.3, 0.4) is 0 Å². The van der Waals surface area contributed by atoms with Crippen LogP contribution >= 0.6 is 23.1 Å². The second-order valence-electron chi connectivity index (χ2n) is 8.79. The molecule has 1 aliphatic heterocycles. The summed E-state index contributed by atoms with van der Waals surface area (Å²) in [6.07, 6.45) is 7.47. The molecule has 0 bridgehead atoms. The van der Waals surface area contributed by atoms with Crippen molar-refractivity contribution in [2.75, 3.05) is 18.8 Å². The number of H-pyrrole nitrogens is 1. The Bertz CT molecular complexity index is 1170. The quantitative estimate of drug-likeness (QED) is 0.478. The van der Waals surface area contributed by atoms with Crippen LogP contribution in [0, 0.1) is 0 Å². The number of hydrogen-bond acceptors (Lipinski definition) is 7. The molecule has 1 fully saturated rings. The number of aromatic amines is 1. The van der Waals surface area contributed by atoms with Crippen molar-refractivity contribution < 1.29 is 4.79 Å². The van der Waals surface area contributed by atoms with Crippen LogP contribution in [-0.2, 0) is 29.9 Å². The van der Waals surface area contributed by atoms with E-state index in [0.717, 1.165) is 67.6 Å². The molecule has 174 valence electrons. The van der Waals surface area contributed by atoms with Crippen LogP contribution in [-0.4, -0.2) is 50.6 Å². The molecule has 1 aliphatic carbocycles. The zero-order valence-electron chi connectivity index (χ0n) is 18.6. The maximum atomic E-state index is 12.5. The zero-order chi connectivity index (χ0) is 22.6. The Kier molecular flexibility index (Phi) is 7.08. The number of nitrogens with zero attached hydrogens (tertiary/aromatic N) is 3. The van der Waals surface area contributed by atoms with Gasteiger partial charge in [0.25, 0.3) is 5.56 Å². The monoisotopic (exact) mass is 483 g/mol. The number of thiophene rings is 1. The van der Waals surface area contributed by atoms with E-state index in [1.54, 1.807) is 23.1 Å². The fraction of sp³-hybridized carbons (Fsp3) is 0.500. The fourth-order valence-electron chi connectivity index (χ4n) is 4.70. The predicted octanol–water partition coefficient (Wildman–Crippen LogP) is 3.27. The van der Waals surface area contributed by atoms with Crippen LogP contribution in [0.2, 0.25) is 0 Å². The first kappa shape index (κ1) is 22.6. The minimum absolute atomic E-state index is 0.0119.